The van der Waals surface area contributed by atoms with Gasteiger partial charge in [-0.1, -0.05) is 0 Å². The van der Waals surface area contributed by atoms with Crippen LogP contribution in [0.3, 0.4) is 0 Å². The van der Waals surface area contributed by atoms with Crippen molar-refractivity contribution >= 4 is 40.3 Å². The van der Waals surface area contributed by atoms with Gasteiger partial charge in [0.2, 0.25) is 5.75 Å². The fraction of sp³-hybridized carbons (Fsp3) is 0.208. The number of hydrogen-bond donors (Lipinski definition) is 1. The monoisotopic (exact) mass is 468 g/mol. The Bertz CT molecular complexity index is 1320. The zero-order valence-corrected chi connectivity index (χ0v) is 18.6. The summed E-state index contributed by atoms with van der Waals surface area (Å²) >= 11 is 0. The van der Waals surface area contributed by atoms with E-state index in [9.17, 15) is 18.8 Å². The molecule has 0 atom stereocenters. The molecule has 2 heterocycles. The average Bonchev–Trinajstić information content (AvgIpc) is 3.33. The van der Waals surface area contributed by atoms with Gasteiger partial charge in [-0.25, -0.2) is 4.39 Å². The van der Waals surface area contributed by atoms with Crippen LogP contribution in [0.1, 0.15) is 11.1 Å². The minimum Gasteiger partial charge on any atom is -0.493 e. The number of ether oxygens (including phenoxy) is 4. The summed E-state index contributed by atoms with van der Waals surface area (Å²) in [6.45, 7) is 0.678. The van der Waals surface area contributed by atoms with Gasteiger partial charge in [0.1, 0.15) is 12.4 Å². The standard InChI is InChI=1S/C24H21FN2O7/c1-31-18-8-13(9-19(32-2)22(18)33-3)20-21(24(30)26-23(20)29)16-11-27(6-7-34-12-28)17-5-4-14(25)10-15(16)17/h4-5,8-12H,6-7H2,1-3H3,(H,26,29,30). The third kappa shape index (κ3) is 3.83. The summed E-state index contributed by atoms with van der Waals surface area (Å²) in [6, 6.07) is 7.26. The van der Waals surface area contributed by atoms with E-state index in [2.05, 4.69) is 5.32 Å². The van der Waals surface area contributed by atoms with E-state index < -0.39 is 17.6 Å². The van der Waals surface area contributed by atoms with E-state index in [0.29, 0.717) is 45.8 Å². The highest BCUT2D eigenvalue weighted by molar-refractivity contribution is 6.50. The molecule has 10 heteroatoms. The maximum Gasteiger partial charge on any atom is 0.293 e. The van der Waals surface area contributed by atoms with E-state index in [-0.39, 0.29) is 24.3 Å². The van der Waals surface area contributed by atoms with Crippen molar-refractivity contribution in [2.45, 2.75) is 6.54 Å². The zero-order chi connectivity index (χ0) is 24.4. The van der Waals surface area contributed by atoms with Gasteiger partial charge in [-0.15, -0.1) is 0 Å². The summed E-state index contributed by atoms with van der Waals surface area (Å²) in [5.74, 6) is -0.812. The Balaban J connectivity index is 1.98. The first-order valence-electron chi connectivity index (χ1n) is 10.2. The van der Waals surface area contributed by atoms with E-state index in [1.807, 2.05) is 0 Å². The first kappa shape index (κ1) is 22.8. The molecule has 34 heavy (non-hydrogen) atoms. The Morgan fingerprint density at radius 3 is 2.26 bits per heavy atom. The van der Waals surface area contributed by atoms with E-state index in [4.69, 9.17) is 18.9 Å². The summed E-state index contributed by atoms with van der Waals surface area (Å²) in [6.07, 6.45) is 1.63. The molecule has 0 bridgehead atoms. The second kappa shape index (κ2) is 9.26. The number of halogens is 1. The topological polar surface area (TPSA) is 105 Å². The van der Waals surface area contributed by atoms with Crippen LogP contribution in [0.25, 0.3) is 22.0 Å². The molecule has 0 fully saturated rings. The number of nitrogens with one attached hydrogen (secondary N) is 1. The zero-order valence-electron chi connectivity index (χ0n) is 18.6. The van der Waals surface area contributed by atoms with Crippen molar-refractivity contribution in [1.29, 1.82) is 0 Å². The lowest BCUT2D eigenvalue weighted by molar-refractivity contribution is -0.129. The number of carbonyl (C=O) groups excluding carboxylic acids is 3. The third-order valence-corrected chi connectivity index (χ3v) is 5.52. The summed E-state index contributed by atoms with van der Waals surface area (Å²) in [5.41, 5.74) is 1.47. The predicted octanol–water partition coefficient (Wildman–Crippen LogP) is 2.55. The van der Waals surface area contributed by atoms with E-state index >= 15 is 0 Å². The van der Waals surface area contributed by atoms with Gasteiger partial charge in [0, 0.05) is 22.7 Å². The number of aromatic nitrogens is 1. The molecule has 1 aliphatic rings. The maximum atomic E-state index is 14.2. The molecule has 0 spiro atoms. The van der Waals surface area contributed by atoms with Crippen LogP contribution in [-0.2, 0) is 25.7 Å². The van der Waals surface area contributed by atoms with Gasteiger partial charge in [0.05, 0.1) is 39.0 Å². The number of nitrogens with zero attached hydrogens (tertiary/aromatic N) is 1. The highest BCUT2D eigenvalue weighted by atomic mass is 19.1. The molecule has 1 aromatic heterocycles. The molecule has 4 rings (SSSR count). The fourth-order valence-corrected chi connectivity index (χ4v) is 4.07. The normalized spacial score (nSPS) is 13.3. The number of methoxy groups -OCH3 is 3. The minimum atomic E-state index is -0.624. The molecular formula is C24H21FN2O7. The van der Waals surface area contributed by atoms with Crippen molar-refractivity contribution < 1.29 is 37.7 Å². The molecule has 1 aliphatic heterocycles. The van der Waals surface area contributed by atoms with Crippen LogP contribution in [0.4, 0.5) is 4.39 Å². The Morgan fingerprint density at radius 1 is 0.971 bits per heavy atom. The lowest BCUT2D eigenvalue weighted by atomic mass is 9.95. The molecule has 0 radical (unpaired) electrons. The number of amides is 2. The van der Waals surface area contributed by atoms with Crippen LogP contribution in [0.5, 0.6) is 17.2 Å². The minimum absolute atomic E-state index is 0.0740. The van der Waals surface area contributed by atoms with Crippen molar-refractivity contribution in [3.8, 4) is 17.2 Å². The SMILES string of the molecule is COc1cc(C2=C(c3cn(CCOC=O)c4ccc(F)cc34)C(=O)NC2=O)cc(OC)c1OC. The largest absolute Gasteiger partial charge is 0.493 e. The first-order valence-corrected chi connectivity index (χ1v) is 10.2. The van der Waals surface area contributed by atoms with Crippen LogP contribution >= 0.6 is 0 Å². The maximum absolute atomic E-state index is 14.2. The highest BCUT2D eigenvalue weighted by Gasteiger charge is 2.35. The summed E-state index contributed by atoms with van der Waals surface area (Å²) in [7, 11) is 4.33. The second-order valence-corrected chi connectivity index (χ2v) is 7.31. The number of fused-ring (bicyclic) bond motifs is 1. The lowest BCUT2D eigenvalue weighted by Crippen LogP contribution is -2.22. The van der Waals surface area contributed by atoms with Gasteiger partial charge in [-0.3, -0.25) is 19.7 Å². The molecule has 2 aromatic carbocycles. The molecule has 176 valence electrons. The number of imide groups is 1. The van der Waals surface area contributed by atoms with Crippen molar-refractivity contribution in [2.24, 2.45) is 0 Å². The van der Waals surface area contributed by atoms with Gasteiger partial charge < -0.3 is 23.5 Å². The number of hydrogen-bond acceptors (Lipinski definition) is 7. The molecule has 0 saturated carbocycles. The fourth-order valence-electron chi connectivity index (χ4n) is 4.07. The van der Waals surface area contributed by atoms with E-state index in [1.165, 1.54) is 33.5 Å². The Morgan fingerprint density at radius 2 is 1.65 bits per heavy atom. The molecule has 1 N–H and O–H groups in total. The summed E-state index contributed by atoms with van der Waals surface area (Å²) < 4.78 is 36.8. The first-order chi connectivity index (χ1) is 16.4. The van der Waals surface area contributed by atoms with Crippen LogP contribution < -0.4 is 19.5 Å². The van der Waals surface area contributed by atoms with Crippen LogP contribution in [-0.4, -0.2) is 50.8 Å². The lowest BCUT2D eigenvalue weighted by Gasteiger charge is -2.14. The molecule has 0 saturated heterocycles. The van der Waals surface area contributed by atoms with Crippen molar-refractivity contribution in [3.05, 3.63) is 53.5 Å². The average molecular weight is 468 g/mol. The predicted molar refractivity (Wildman–Crippen MR) is 120 cm³/mol. The smallest absolute Gasteiger partial charge is 0.293 e. The molecule has 2 amide bonds. The molecular weight excluding hydrogens is 447 g/mol. The van der Waals surface area contributed by atoms with Crippen LogP contribution in [0.2, 0.25) is 0 Å². The van der Waals surface area contributed by atoms with E-state index in [0.717, 1.165) is 0 Å². The molecule has 3 aromatic rings. The van der Waals surface area contributed by atoms with Crippen molar-refractivity contribution in [2.75, 3.05) is 27.9 Å². The Hall–Kier alpha value is -4.34. The third-order valence-electron chi connectivity index (χ3n) is 5.52. The van der Waals surface area contributed by atoms with Gasteiger partial charge in [-0.2, -0.15) is 0 Å². The Labute approximate surface area is 193 Å². The highest BCUT2D eigenvalue weighted by Crippen LogP contribution is 2.43. The number of benzene rings is 2. The summed E-state index contributed by atoms with van der Waals surface area (Å²) in [5, 5.41) is 2.75. The quantitative estimate of drug-likeness (QED) is 0.292. The number of rotatable bonds is 9. The van der Waals surface area contributed by atoms with Crippen LogP contribution in [0.15, 0.2) is 36.5 Å². The van der Waals surface area contributed by atoms with Gasteiger partial charge in [0.15, 0.2) is 11.5 Å². The second-order valence-electron chi connectivity index (χ2n) is 7.31. The Kier molecular flexibility index (Phi) is 6.22. The molecule has 9 nitrogen and oxygen atoms in total. The summed E-state index contributed by atoms with van der Waals surface area (Å²) in [4.78, 5) is 36.4. The number of carbonyl (C=O) groups is 3. The van der Waals surface area contributed by atoms with Crippen molar-refractivity contribution in [3.63, 3.8) is 0 Å². The molecule has 0 unspecified atom stereocenters. The van der Waals surface area contributed by atoms with Gasteiger partial charge in [-0.05, 0) is 35.9 Å². The van der Waals surface area contributed by atoms with E-state index in [1.54, 1.807) is 29.0 Å². The van der Waals surface area contributed by atoms with Crippen molar-refractivity contribution in [1.82, 2.24) is 9.88 Å². The van der Waals surface area contributed by atoms with Gasteiger partial charge in [0.25, 0.3) is 18.3 Å². The van der Waals surface area contributed by atoms with Gasteiger partial charge >= 0.3 is 0 Å². The molecule has 0 aliphatic carbocycles. The van der Waals surface area contributed by atoms with Crippen LogP contribution in [0, 0.1) is 5.82 Å².